The molecule has 6 nitrogen and oxygen atoms in total. The van der Waals surface area contributed by atoms with Gasteiger partial charge < -0.3 is 14.8 Å². The van der Waals surface area contributed by atoms with E-state index in [1.165, 1.54) is 13.0 Å². The quantitative estimate of drug-likeness (QED) is 0.499. The van der Waals surface area contributed by atoms with Crippen LogP contribution in [0.4, 0.5) is 5.69 Å². The second-order valence-corrected chi connectivity index (χ2v) is 7.66. The van der Waals surface area contributed by atoms with Gasteiger partial charge in [0.05, 0.1) is 5.69 Å². The molecule has 1 N–H and O–H groups in total. The van der Waals surface area contributed by atoms with Crippen molar-refractivity contribution in [3.8, 4) is 5.75 Å². The fourth-order valence-corrected chi connectivity index (χ4v) is 3.13. The number of halogens is 2. The van der Waals surface area contributed by atoms with E-state index >= 15 is 0 Å². The van der Waals surface area contributed by atoms with E-state index in [2.05, 4.69) is 5.32 Å². The van der Waals surface area contributed by atoms with E-state index in [4.69, 9.17) is 32.7 Å². The maximum atomic E-state index is 12.5. The van der Waals surface area contributed by atoms with E-state index in [-0.39, 0.29) is 18.9 Å². The summed E-state index contributed by atoms with van der Waals surface area (Å²) >= 11 is 11.9. The summed E-state index contributed by atoms with van der Waals surface area (Å²) in [5.74, 6) is -0.822. The number of carbonyl (C=O) groups is 3. The molecule has 2 atom stereocenters. The first kappa shape index (κ1) is 17.0. The van der Waals surface area contributed by atoms with Crippen LogP contribution in [0, 0.1) is 5.41 Å². The summed E-state index contributed by atoms with van der Waals surface area (Å²) in [7, 11) is 0. The van der Waals surface area contributed by atoms with E-state index in [1.54, 1.807) is 19.1 Å². The van der Waals surface area contributed by atoms with E-state index in [0.29, 0.717) is 17.0 Å². The number of amides is 1. The third-order valence-electron chi connectivity index (χ3n) is 4.26. The highest BCUT2D eigenvalue weighted by atomic mass is 35.5. The van der Waals surface area contributed by atoms with Crippen LogP contribution in [-0.4, -0.2) is 34.7 Å². The standard InChI is InChI=1S/C16H15Cl2NO5/c1-8(24-14(22)15(2)7-16(15,17)18)13(21)9-3-4-11-10(5-9)19-12(20)6-23-11/h3-5,8H,6-7H2,1-2H3,(H,19,20). The minimum Gasteiger partial charge on any atom is -0.482 e. The van der Waals surface area contributed by atoms with Crippen molar-refractivity contribution in [1.29, 1.82) is 0 Å². The molecule has 1 saturated carbocycles. The van der Waals surface area contributed by atoms with Gasteiger partial charge in [0.2, 0.25) is 5.78 Å². The van der Waals surface area contributed by atoms with Gasteiger partial charge in [0, 0.05) is 12.0 Å². The van der Waals surface area contributed by atoms with Crippen molar-refractivity contribution in [3.63, 3.8) is 0 Å². The van der Waals surface area contributed by atoms with Gasteiger partial charge in [-0.3, -0.25) is 14.4 Å². The van der Waals surface area contributed by atoms with Gasteiger partial charge in [-0.25, -0.2) is 0 Å². The number of rotatable bonds is 4. The van der Waals surface area contributed by atoms with Crippen molar-refractivity contribution >= 4 is 46.5 Å². The molecule has 8 heteroatoms. The van der Waals surface area contributed by atoms with Gasteiger partial charge in [-0.05, 0) is 32.0 Å². The predicted molar refractivity (Wildman–Crippen MR) is 87.6 cm³/mol. The van der Waals surface area contributed by atoms with Gasteiger partial charge in [-0.15, -0.1) is 23.2 Å². The normalized spacial score (nSPS) is 24.9. The van der Waals surface area contributed by atoms with Crippen LogP contribution in [0.2, 0.25) is 0 Å². The topological polar surface area (TPSA) is 81.7 Å². The molecule has 1 aromatic carbocycles. The summed E-state index contributed by atoms with van der Waals surface area (Å²) in [5, 5.41) is 2.62. The molecule has 0 aromatic heterocycles. The van der Waals surface area contributed by atoms with Gasteiger partial charge >= 0.3 is 5.97 Å². The number of esters is 1. The van der Waals surface area contributed by atoms with Crippen LogP contribution in [0.1, 0.15) is 30.6 Å². The minimum absolute atomic E-state index is 0.0640. The molecule has 3 rings (SSSR count). The lowest BCUT2D eigenvalue weighted by atomic mass is 10.0. The Balaban J connectivity index is 1.71. The summed E-state index contributed by atoms with van der Waals surface area (Å²) < 4.78 is 9.30. The van der Waals surface area contributed by atoms with Gasteiger partial charge in [0.15, 0.2) is 12.7 Å². The lowest BCUT2D eigenvalue weighted by molar-refractivity contribution is -0.152. The molecule has 1 aromatic rings. The first-order valence-electron chi connectivity index (χ1n) is 7.34. The molecule has 0 saturated heterocycles. The lowest BCUT2D eigenvalue weighted by Crippen LogP contribution is -2.30. The number of ketones is 1. The Morgan fingerprint density at radius 3 is 2.67 bits per heavy atom. The fourth-order valence-electron chi connectivity index (χ4n) is 2.44. The number of Topliss-reactive ketones (excluding diaryl/α,β-unsaturated/α-hetero) is 1. The van der Waals surface area contributed by atoms with Gasteiger partial charge in [-0.1, -0.05) is 0 Å². The van der Waals surface area contributed by atoms with Crippen molar-refractivity contribution in [2.24, 2.45) is 5.41 Å². The molecule has 1 amide bonds. The summed E-state index contributed by atoms with van der Waals surface area (Å²) in [6.07, 6.45) is -0.720. The van der Waals surface area contributed by atoms with E-state index in [1.807, 2.05) is 0 Å². The fraction of sp³-hybridized carbons (Fsp3) is 0.438. The molecular weight excluding hydrogens is 357 g/mol. The van der Waals surface area contributed by atoms with Crippen molar-refractivity contribution in [2.45, 2.75) is 30.7 Å². The molecule has 1 heterocycles. The number of hydrogen-bond acceptors (Lipinski definition) is 5. The average Bonchev–Trinajstić information content (AvgIpc) is 3.05. The molecule has 1 aliphatic heterocycles. The number of carbonyl (C=O) groups excluding carboxylic acids is 3. The third-order valence-corrected chi connectivity index (χ3v) is 5.36. The van der Waals surface area contributed by atoms with Crippen LogP contribution >= 0.6 is 23.2 Å². The summed E-state index contributed by atoms with van der Waals surface area (Å²) in [6, 6.07) is 4.63. The first-order valence-corrected chi connectivity index (χ1v) is 8.09. The van der Waals surface area contributed by atoms with E-state index in [0.717, 1.165) is 0 Å². The maximum Gasteiger partial charge on any atom is 0.315 e. The second kappa shape index (κ2) is 5.63. The molecule has 1 fully saturated rings. The monoisotopic (exact) mass is 371 g/mol. The van der Waals surface area contributed by atoms with Crippen molar-refractivity contribution in [3.05, 3.63) is 23.8 Å². The Morgan fingerprint density at radius 1 is 1.38 bits per heavy atom. The van der Waals surface area contributed by atoms with Crippen molar-refractivity contribution < 1.29 is 23.9 Å². The van der Waals surface area contributed by atoms with Crippen molar-refractivity contribution in [1.82, 2.24) is 0 Å². The summed E-state index contributed by atoms with van der Waals surface area (Å²) in [6.45, 7) is 3.01. The minimum atomic E-state index is -1.15. The Morgan fingerprint density at radius 2 is 2.04 bits per heavy atom. The Hall–Kier alpha value is -1.79. The number of hydrogen-bond donors (Lipinski definition) is 1. The average molecular weight is 372 g/mol. The Labute approximate surface area is 148 Å². The number of benzene rings is 1. The molecular formula is C16H15Cl2NO5. The molecule has 2 aliphatic rings. The van der Waals surface area contributed by atoms with Crippen LogP contribution in [0.3, 0.4) is 0 Å². The summed E-state index contributed by atoms with van der Waals surface area (Å²) in [4.78, 5) is 36.0. The Kier molecular flexibility index (Phi) is 4.00. The van der Waals surface area contributed by atoms with Crippen molar-refractivity contribution in [2.75, 3.05) is 11.9 Å². The lowest BCUT2D eigenvalue weighted by Gasteiger charge is -2.20. The smallest absolute Gasteiger partial charge is 0.315 e. The predicted octanol–water partition coefficient (Wildman–Crippen LogP) is 2.72. The number of nitrogens with one attached hydrogen (secondary N) is 1. The largest absolute Gasteiger partial charge is 0.482 e. The highest BCUT2D eigenvalue weighted by molar-refractivity contribution is 6.53. The van der Waals surface area contributed by atoms with Gasteiger partial charge in [-0.2, -0.15) is 0 Å². The van der Waals surface area contributed by atoms with Crippen LogP contribution in [0.25, 0.3) is 0 Å². The third kappa shape index (κ3) is 2.84. The molecule has 0 bridgehead atoms. The number of fused-ring (bicyclic) bond motifs is 1. The molecule has 0 spiro atoms. The maximum absolute atomic E-state index is 12.5. The first-order chi connectivity index (χ1) is 11.1. The van der Waals surface area contributed by atoms with Gasteiger partial charge in [0.1, 0.15) is 15.5 Å². The summed E-state index contributed by atoms with van der Waals surface area (Å²) in [5.41, 5.74) is -0.295. The SMILES string of the molecule is CC(OC(=O)C1(C)CC1(Cl)Cl)C(=O)c1ccc2c(c1)NC(=O)CO2. The molecule has 128 valence electrons. The van der Waals surface area contributed by atoms with Crippen LogP contribution in [0.15, 0.2) is 18.2 Å². The second-order valence-electron chi connectivity index (χ2n) is 6.17. The molecule has 2 unspecified atom stereocenters. The highest BCUT2D eigenvalue weighted by Crippen LogP contribution is 2.64. The molecule has 24 heavy (non-hydrogen) atoms. The van der Waals surface area contributed by atoms with E-state index in [9.17, 15) is 14.4 Å². The van der Waals surface area contributed by atoms with Crippen LogP contribution < -0.4 is 10.1 Å². The zero-order valence-electron chi connectivity index (χ0n) is 13.0. The zero-order chi connectivity index (χ0) is 17.7. The number of anilines is 1. The van der Waals surface area contributed by atoms with Crippen LogP contribution in [0.5, 0.6) is 5.75 Å². The molecule has 0 radical (unpaired) electrons. The van der Waals surface area contributed by atoms with Crippen LogP contribution in [-0.2, 0) is 14.3 Å². The van der Waals surface area contributed by atoms with Gasteiger partial charge in [0.25, 0.3) is 5.91 Å². The number of alkyl halides is 2. The van der Waals surface area contributed by atoms with E-state index < -0.39 is 27.6 Å². The molecule has 1 aliphatic carbocycles. The highest BCUT2D eigenvalue weighted by Gasteiger charge is 2.69. The Bertz CT molecular complexity index is 748. The zero-order valence-corrected chi connectivity index (χ0v) is 14.5. The number of ether oxygens (including phenoxy) is 2.